The number of anilines is 1. The van der Waals surface area contributed by atoms with Crippen molar-refractivity contribution in [3.05, 3.63) is 34.8 Å². The largest absolute Gasteiger partial charge is 0.379 e. The summed E-state index contributed by atoms with van der Waals surface area (Å²) >= 11 is 1.41. The van der Waals surface area contributed by atoms with Gasteiger partial charge in [-0.25, -0.2) is 8.42 Å². The minimum absolute atomic E-state index is 0.131. The van der Waals surface area contributed by atoms with E-state index in [1.165, 1.54) is 15.6 Å². The Labute approximate surface area is 175 Å². The third-order valence-corrected chi connectivity index (χ3v) is 7.44. The van der Waals surface area contributed by atoms with Crippen LogP contribution in [-0.2, 0) is 32.4 Å². The SMILES string of the molecule is CCCCc1nnc(NC(=O)CCc2ccc(S(=O)(=O)N3CCOCC3)cc2)s1. The van der Waals surface area contributed by atoms with Gasteiger partial charge in [-0.15, -0.1) is 10.2 Å². The van der Waals surface area contributed by atoms with Crippen LogP contribution in [0.5, 0.6) is 0 Å². The molecule has 1 N–H and O–H groups in total. The molecule has 158 valence electrons. The number of amides is 1. The summed E-state index contributed by atoms with van der Waals surface area (Å²) in [6, 6.07) is 6.72. The monoisotopic (exact) mass is 438 g/mol. The number of rotatable bonds is 9. The van der Waals surface area contributed by atoms with Crippen LogP contribution >= 0.6 is 11.3 Å². The topological polar surface area (TPSA) is 101 Å². The molecule has 1 fully saturated rings. The molecule has 1 saturated heterocycles. The molecule has 1 aliphatic rings. The predicted molar refractivity (Wildman–Crippen MR) is 111 cm³/mol. The third-order valence-electron chi connectivity index (χ3n) is 4.63. The van der Waals surface area contributed by atoms with E-state index < -0.39 is 10.0 Å². The summed E-state index contributed by atoms with van der Waals surface area (Å²) in [5, 5.41) is 12.3. The standard InChI is InChI=1S/C19H26N4O4S2/c1-2-3-4-18-21-22-19(28-18)20-17(24)10-7-15-5-8-16(9-6-15)29(25,26)23-11-13-27-14-12-23/h5-6,8-9H,2-4,7,10-14H2,1H3,(H,20,22,24). The van der Waals surface area contributed by atoms with Crippen LogP contribution in [0.1, 0.15) is 36.8 Å². The van der Waals surface area contributed by atoms with Gasteiger partial charge in [-0.2, -0.15) is 4.31 Å². The van der Waals surface area contributed by atoms with Crippen LogP contribution in [0, 0.1) is 0 Å². The van der Waals surface area contributed by atoms with E-state index >= 15 is 0 Å². The minimum Gasteiger partial charge on any atom is -0.379 e. The van der Waals surface area contributed by atoms with Crippen LogP contribution < -0.4 is 5.32 Å². The predicted octanol–water partition coefficient (Wildman–Crippen LogP) is 2.47. The first-order valence-electron chi connectivity index (χ1n) is 9.78. The van der Waals surface area contributed by atoms with Gasteiger partial charge in [-0.1, -0.05) is 36.8 Å². The number of ether oxygens (including phenoxy) is 1. The van der Waals surface area contributed by atoms with E-state index in [2.05, 4.69) is 22.4 Å². The Morgan fingerprint density at radius 2 is 1.90 bits per heavy atom. The van der Waals surface area contributed by atoms with E-state index in [0.717, 1.165) is 29.8 Å². The van der Waals surface area contributed by atoms with E-state index in [1.54, 1.807) is 24.3 Å². The summed E-state index contributed by atoms with van der Waals surface area (Å²) in [6.07, 6.45) is 3.84. The number of sulfonamides is 1. The zero-order chi connectivity index (χ0) is 20.7. The van der Waals surface area contributed by atoms with Crippen LogP contribution in [0.2, 0.25) is 0 Å². The van der Waals surface area contributed by atoms with Crippen molar-refractivity contribution < 1.29 is 17.9 Å². The highest BCUT2D eigenvalue weighted by Crippen LogP contribution is 2.19. The van der Waals surface area contributed by atoms with E-state index in [4.69, 9.17) is 4.74 Å². The molecule has 1 aromatic heterocycles. The first-order chi connectivity index (χ1) is 14.0. The first kappa shape index (κ1) is 21.8. The fourth-order valence-electron chi connectivity index (χ4n) is 2.94. The molecule has 0 bridgehead atoms. The summed E-state index contributed by atoms with van der Waals surface area (Å²) in [5.41, 5.74) is 0.905. The molecule has 1 aromatic carbocycles. The van der Waals surface area contributed by atoms with Gasteiger partial charge in [0.15, 0.2) is 0 Å². The van der Waals surface area contributed by atoms with E-state index in [0.29, 0.717) is 44.3 Å². The smallest absolute Gasteiger partial charge is 0.243 e. The molecule has 0 aliphatic carbocycles. The lowest BCUT2D eigenvalue weighted by molar-refractivity contribution is -0.116. The van der Waals surface area contributed by atoms with Gasteiger partial charge in [-0.05, 0) is 30.5 Å². The Morgan fingerprint density at radius 3 is 2.59 bits per heavy atom. The molecule has 1 aliphatic heterocycles. The highest BCUT2D eigenvalue weighted by Gasteiger charge is 2.26. The average Bonchev–Trinajstić information content (AvgIpc) is 3.19. The number of nitrogens with zero attached hydrogens (tertiary/aromatic N) is 3. The van der Waals surface area contributed by atoms with Gasteiger partial charge in [0.25, 0.3) is 0 Å². The molecule has 0 atom stereocenters. The van der Waals surface area contributed by atoms with Gasteiger partial charge < -0.3 is 10.1 Å². The summed E-state index contributed by atoms with van der Waals surface area (Å²) in [4.78, 5) is 12.4. The maximum atomic E-state index is 12.6. The number of hydrogen-bond acceptors (Lipinski definition) is 7. The number of carbonyl (C=O) groups is 1. The van der Waals surface area contributed by atoms with Gasteiger partial charge >= 0.3 is 0 Å². The van der Waals surface area contributed by atoms with E-state index in [-0.39, 0.29) is 10.8 Å². The van der Waals surface area contributed by atoms with Crippen molar-refractivity contribution in [2.45, 2.75) is 43.9 Å². The lowest BCUT2D eigenvalue weighted by Gasteiger charge is -2.26. The van der Waals surface area contributed by atoms with E-state index in [9.17, 15) is 13.2 Å². The van der Waals surface area contributed by atoms with Crippen LogP contribution in [0.4, 0.5) is 5.13 Å². The molecule has 8 nitrogen and oxygen atoms in total. The zero-order valence-electron chi connectivity index (χ0n) is 16.5. The molecule has 2 heterocycles. The van der Waals surface area contributed by atoms with Crippen molar-refractivity contribution in [1.29, 1.82) is 0 Å². The fraction of sp³-hybridized carbons (Fsp3) is 0.526. The van der Waals surface area contributed by atoms with Crippen LogP contribution in [0.25, 0.3) is 0 Å². The number of hydrogen-bond donors (Lipinski definition) is 1. The van der Waals surface area contributed by atoms with Crippen molar-refractivity contribution in [2.75, 3.05) is 31.6 Å². The van der Waals surface area contributed by atoms with Crippen molar-refractivity contribution >= 4 is 32.4 Å². The molecule has 2 aromatic rings. The Bertz CT molecular complexity index is 907. The van der Waals surface area contributed by atoms with Crippen LogP contribution in [-0.4, -0.2) is 55.1 Å². The number of unbranched alkanes of at least 4 members (excludes halogenated alkanes) is 1. The molecule has 1 amide bonds. The lowest BCUT2D eigenvalue weighted by Crippen LogP contribution is -2.40. The van der Waals surface area contributed by atoms with Gasteiger partial charge in [0.1, 0.15) is 5.01 Å². The van der Waals surface area contributed by atoms with Gasteiger partial charge in [0.2, 0.25) is 21.1 Å². The number of aromatic nitrogens is 2. The van der Waals surface area contributed by atoms with Crippen molar-refractivity contribution in [1.82, 2.24) is 14.5 Å². The molecular formula is C19H26N4O4S2. The van der Waals surface area contributed by atoms with Crippen molar-refractivity contribution in [2.24, 2.45) is 0 Å². The second-order valence-electron chi connectivity index (χ2n) is 6.81. The lowest BCUT2D eigenvalue weighted by atomic mass is 10.1. The number of nitrogens with one attached hydrogen (secondary N) is 1. The summed E-state index contributed by atoms with van der Waals surface area (Å²) in [5.74, 6) is -0.131. The van der Waals surface area contributed by atoms with Crippen molar-refractivity contribution in [3.8, 4) is 0 Å². The number of carbonyl (C=O) groups excluding carboxylic acids is 1. The highest BCUT2D eigenvalue weighted by atomic mass is 32.2. The Hall–Kier alpha value is -1.88. The van der Waals surface area contributed by atoms with Gasteiger partial charge in [-0.3, -0.25) is 4.79 Å². The Morgan fingerprint density at radius 1 is 1.17 bits per heavy atom. The Kier molecular flexibility index (Phi) is 7.70. The quantitative estimate of drug-likeness (QED) is 0.645. The number of morpholine rings is 1. The summed E-state index contributed by atoms with van der Waals surface area (Å²) in [6.45, 7) is 3.70. The molecular weight excluding hydrogens is 412 g/mol. The molecule has 10 heteroatoms. The summed E-state index contributed by atoms with van der Waals surface area (Å²) in [7, 11) is -3.50. The van der Waals surface area contributed by atoms with Gasteiger partial charge in [0, 0.05) is 25.9 Å². The second-order valence-corrected chi connectivity index (χ2v) is 9.81. The number of benzene rings is 1. The Balaban J connectivity index is 1.50. The molecule has 29 heavy (non-hydrogen) atoms. The van der Waals surface area contributed by atoms with Gasteiger partial charge in [0.05, 0.1) is 18.1 Å². The maximum absolute atomic E-state index is 12.6. The second kappa shape index (κ2) is 10.2. The minimum atomic E-state index is -3.50. The van der Waals surface area contributed by atoms with Crippen LogP contribution in [0.3, 0.4) is 0 Å². The van der Waals surface area contributed by atoms with Crippen molar-refractivity contribution in [3.63, 3.8) is 0 Å². The number of aryl methyl sites for hydroxylation is 2. The fourth-order valence-corrected chi connectivity index (χ4v) is 5.14. The highest BCUT2D eigenvalue weighted by molar-refractivity contribution is 7.89. The molecule has 0 radical (unpaired) electrons. The average molecular weight is 439 g/mol. The molecule has 0 spiro atoms. The maximum Gasteiger partial charge on any atom is 0.243 e. The molecule has 0 unspecified atom stereocenters. The normalized spacial score (nSPS) is 15.3. The summed E-state index contributed by atoms with van der Waals surface area (Å²) < 4.78 is 31.9. The molecule has 0 saturated carbocycles. The van der Waals surface area contributed by atoms with E-state index in [1.807, 2.05) is 0 Å². The van der Waals surface area contributed by atoms with Crippen LogP contribution in [0.15, 0.2) is 29.2 Å². The first-order valence-corrected chi connectivity index (χ1v) is 12.0. The third kappa shape index (κ3) is 6.05. The molecule has 3 rings (SSSR count). The zero-order valence-corrected chi connectivity index (χ0v) is 18.1.